The van der Waals surface area contributed by atoms with Gasteiger partial charge in [-0.3, -0.25) is 19.1 Å². The summed E-state index contributed by atoms with van der Waals surface area (Å²) in [5.74, 6) is 0.266. The van der Waals surface area contributed by atoms with Gasteiger partial charge in [-0.25, -0.2) is 4.98 Å². The molecule has 0 aliphatic carbocycles. The number of para-hydroxylation sites is 3. The molecule has 6 nitrogen and oxygen atoms in total. The van der Waals surface area contributed by atoms with Crippen molar-refractivity contribution in [2.24, 2.45) is 0 Å². The predicted molar refractivity (Wildman–Crippen MR) is 116 cm³/mol. The SMILES string of the molecule is O=C(C[C@@H]1C(=O)N(Cc2ccccc2)c2nc3ccccc3n21)Nc1ccccc1. The third-order valence-corrected chi connectivity index (χ3v) is 5.30. The number of benzene rings is 3. The van der Waals surface area contributed by atoms with E-state index in [1.165, 1.54) is 0 Å². The van der Waals surface area contributed by atoms with Gasteiger partial charge in [0, 0.05) is 5.69 Å². The molecule has 148 valence electrons. The monoisotopic (exact) mass is 396 g/mol. The molecule has 1 aromatic heterocycles. The first-order valence-corrected chi connectivity index (χ1v) is 9.88. The number of carbonyl (C=O) groups excluding carboxylic acids is 2. The number of fused-ring (bicyclic) bond motifs is 3. The van der Waals surface area contributed by atoms with E-state index in [2.05, 4.69) is 5.32 Å². The topological polar surface area (TPSA) is 67.2 Å². The Labute approximate surface area is 173 Å². The van der Waals surface area contributed by atoms with Gasteiger partial charge in [0.05, 0.1) is 24.0 Å². The summed E-state index contributed by atoms with van der Waals surface area (Å²) in [4.78, 5) is 32.5. The van der Waals surface area contributed by atoms with Crippen molar-refractivity contribution >= 4 is 34.5 Å². The fraction of sp³-hybridized carbons (Fsp3) is 0.125. The van der Waals surface area contributed by atoms with Crippen molar-refractivity contribution in [1.82, 2.24) is 9.55 Å². The molecule has 0 saturated heterocycles. The third kappa shape index (κ3) is 3.22. The molecule has 1 aliphatic rings. The first-order valence-electron chi connectivity index (χ1n) is 9.88. The standard InChI is InChI=1S/C24H20N4O2/c29-22(25-18-11-5-2-6-12-18)15-21-23(30)27(16-17-9-3-1-4-10-17)24-26-19-13-7-8-14-20(19)28(21)24/h1-14,21H,15-16H2,(H,25,29)/t21-/m1/s1. The highest BCUT2D eigenvalue weighted by Gasteiger charge is 2.40. The van der Waals surface area contributed by atoms with E-state index < -0.39 is 6.04 Å². The van der Waals surface area contributed by atoms with Crippen LogP contribution in [0, 0.1) is 0 Å². The quantitative estimate of drug-likeness (QED) is 0.551. The molecule has 1 aliphatic heterocycles. The first-order chi connectivity index (χ1) is 14.7. The van der Waals surface area contributed by atoms with Gasteiger partial charge in [0.1, 0.15) is 6.04 Å². The van der Waals surface area contributed by atoms with Crippen LogP contribution in [-0.4, -0.2) is 21.4 Å². The van der Waals surface area contributed by atoms with Gasteiger partial charge in [-0.1, -0.05) is 60.7 Å². The lowest BCUT2D eigenvalue weighted by Gasteiger charge is -2.16. The summed E-state index contributed by atoms with van der Waals surface area (Å²) in [6, 6.07) is 26.1. The van der Waals surface area contributed by atoms with Crippen LogP contribution in [0.1, 0.15) is 18.0 Å². The van der Waals surface area contributed by atoms with Crippen LogP contribution in [0.3, 0.4) is 0 Å². The molecule has 0 fully saturated rings. The molecule has 30 heavy (non-hydrogen) atoms. The van der Waals surface area contributed by atoms with Crippen LogP contribution in [0.15, 0.2) is 84.9 Å². The van der Waals surface area contributed by atoms with Gasteiger partial charge >= 0.3 is 0 Å². The van der Waals surface area contributed by atoms with E-state index in [0.717, 1.165) is 16.6 Å². The van der Waals surface area contributed by atoms with E-state index in [1.54, 1.807) is 4.90 Å². The van der Waals surface area contributed by atoms with Gasteiger partial charge in [-0.05, 0) is 29.8 Å². The smallest absolute Gasteiger partial charge is 0.253 e. The number of nitrogens with zero attached hydrogens (tertiary/aromatic N) is 3. The van der Waals surface area contributed by atoms with Crippen molar-refractivity contribution in [1.29, 1.82) is 0 Å². The van der Waals surface area contributed by atoms with Gasteiger partial charge in [0.2, 0.25) is 11.9 Å². The number of hydrogen-bond acceptors (Lipinski definition) is 3. The lowest BCUT2D eigenvalue weighted by Crippen LogP contribution is -2.31. The van der Waals surface area contributed by atoms with E-state index in [1.807, 2.05) is 89.5 Å². The minimum Gasteiger partial charge on any atom is -0.326 e. The highest BCUT2D eigenvalue weighted by Crippen LogP contribution is 2.37. The second-order valence-corrected chi connectivity index (χ2v) is 7.31. The van der Waals surface area contributed by atoms with E-state index in [9.17, 15) is 9.59 Å². The van der Waals surface area contributed by atoms with Crippen molar-refractivity contribution in [3.05, 3.63) is 90.5 Å². The Morgan fingerprint density at radius 1 is 0.900 bits per heavy atom. The molecule has 2 heterocycles. The minimum absolute atomic E-state index is 0.0480. The Bertz CT molecular complexity index is 1220. The van der Waals surface area contributed by atoms with Gasteiger partial charge in [0.15, 0.2) is 0 Å². The van der Waals surface area contributed by atoms with E-state index in [-0.39, 0.29) is 18.2 Å². The molecule has 0 spiro atoms. The van der Waals surface area contributed by atoms with E-state index in [0.29, 0.717) is 18.2 Å². The zero-order valence-corrected chi connectivity index (χ0v) is 16.2. The van der Waals surface area contributed by atoms with Crippen molar-refractivity contribution in [3.63, 3.8) is 0 Å². The van der Waals surface area contributed by atoms with Gasteiger partial charge in [0.25, 0.3) is 5.91 Å². The molecule has 0 unspecified atom stereocenters. The number of carbonyl (C=O) groups is 2. The maximum Gasteiger partial charge on any atom is 0.253 e. The summed E-state index contributed by atoms with van der Waals surface area (Å²) >= 11 is 0. The number of aromatic nitrogens is 2. The third-order valence-electron chi connectivity index (χ3n) is 5.30. The van der Waals surface area contributed by atoms with Crippen LogP contribution in [0.4, 0.5) is 11.6 Å². The Balaban J connectivity index is 1.48. The lowest BCUT2D eigenvalue weighted by molar-refractivity contribution is -0.124. The van der Waals surface area contributed by atoms with Gasteiger partial charge in [-0.2, -0.15) is 0 Å². The molecule has 1 N–H and O–H groups in total. The Hall–Kier alpha value is -3.93. The van der Waals surface area contributed by atoms with Crippen LogP contribution < -0.4 is 10.2 Å². The van der Waals surface area contributed by atoms with Gasteiger partial charge < -0.3 is 5.32 Å². The summed E-state index contributed by atoms with van der Waals surface area (Å²) in [5, 5.41) is 2.88. The molecular formula is C24H20N4O2. The maximum atomic E-state index is 13.3. The second kappa shape index (κ2) is 7.48. The summed E-state index contributed by atoms with van der Waals surface area (Å²) in [7, 11) is 0. The molecule has 0 radical (unpaired) electrons. The molecule has 3 aromatic carbocycles. The molecule has 0 bridgehead atoms. The molecule has 5 rings (SSSR count). The van der Waals surface area contributed by atoms with E-state index >= 15 is 0 Å². The number of nitrogens with one attached hydrogen (secondary N) is 1. The Kier molecular flexibility index (Phi) is 4.52. The summed E-state index contributed by atoms with van der Waals surface area (Å²) in [6.45, 7) is 0.416. The van der Waals surface area contributed by atoms with Crippen LogP contribution in [0.25, 0.3) is 11.0 Å². The van der Waals surface area contributed by atoms with Crippen LogP contribution in [0.2, 0.25) is 0 Å². The van der Waals surface area contributed by atoms with Crippen molar-refractivity contribution < 1.29 is 9.59 Å². The zero-order chi connectivity index (χ0) is 20.5. The molecule has 0 saturated carbocycles. The average Bonchev–Trinajstić information content (AvgIpc) is 3.26. The normalized spacial score (nSPS) is 15.4. The van der Waals surface area contributed by atoms with Gasteiger partial charge in [-0.15, -0.1) is 0 Å². The second-order valence-electron chi connectivity index (χ2n) is 7.31. The summed E-state index contributed by atoms with van der Waals surface area (Å²) in [5.41, 5.74) is 3.39. The number of hydrogen-bond donors (Lipinski definition) is 1. The van der Waals surface area contributed by atoms with Crippen molar-refractivity contribution in [3.8, 4) is 0 Å². The fourth-order valence-electron chi connectivity index (χ4n) is 3.92. The van der Waals surface area contributed by atoms with Crippen molar-refractivity contribution in [2.75, 3.05) is 10.2 Å². The first kappa shape index (κ1) is 18.1. The largest absolute Gasteiger partial charge is 0.326 e. The molecule has 6 heteroatoms. The van der Waals surface area contributed by atoms with Crippen LogP contribution >= 0.6 is 0 Å². The molecule has 1 atom stereocenters. The minimum atomic E-state index is -0.625. The average molecular weight is 396 g/mol. The number of amides is 2. The predicted octanol–water partition coefficient (Wildman–Crippen LogP) is 4.15. The number of anilines is 2. The zero-order valence-electron chi connectivity index (χ0n) is 16.2. The lowest BCUT2D eigenvalue weighted by atomic mass is 10.1. The number of rotatable bonds is 5. The molecular weight excluding hydrogens is 376 g/mol. The highest BCUT2D eigenvalue weighted by atomic mass is 16.2. The number of imidazole rings is 1. The fourth-order valence-corrected chi connectivity index (χ4v) is 3.92. The van der Waals surface area contributed by atoms with Crippen molar-refractivity contribution in [2.45, 2.75) is 19.0 Å². The summed E-state index contributed by atoms with van der Waals surface area (Å²) in [6.07, 6.45) is 0.0480. The van der Waals surface area contributed by atoms with Crippen LogP contribution in [0.5, 0.6) is 0 Å². The van der Waals surface area contributed by atoms with Crippen LogP contribution in [-0.2, 0) is 16.1 Å². The molecule has 2 amide bonds. The Morgan fingerprint density at radius 3 is 2.33 bits per heavy atom. The van der Waals surface area contributed by atoms with E-state index in [4.69, 9.17) is 4.98 Å². The summed E-state index contributed by atoms with van der Waals surface area (Å²) < 4.78 is 1.89. The highest BCUT2D eigenvalue weighted by molar-refractivity contribution is 6.05. The molecule has 4 aromatic rings. The Morgan fingerprint density at radius 2 is 1.57 bits per heavy atom. The maximum absolute atomic E-state index is 13.3.